The van der Waals surface area contributed by atoms with Crippen molar-refractivity contribution < 1.29 is 18.0 Å². The number of carbonyl (C=O) groups is 2. The Morgan fingerprint density at radius 3 is 2.76 bits per heavy atom. The molecule has 7 nitrogen and oxygen atoms in total. The van der Waals surface area contributed by atoms with Gasteiger partial charge in [0.05, 0.1) is 11.7 Å². The van der Waals surface area contributed by atoms with Crippen LogP contribution in [0.1, 0.15) is 19.3 Å². The third-order valence-corrected chi connectivity index (χ3v) is 3.40. The SMILES string of the molecule is NS(=O)(=O)CCCNC(=O)C1CCC(=O)NC1. The molecular formula is C9H17N3O4S. The lowest BCUT2D eigenvalue weighted by Crippen LogP contribution is -2.43. The second-order valence-corrected chi connectivity index (χ2v) is 5.79. The summed E-state index contributed by atoms with van der Waals surface area (Å²) in [5.74, 6) is -0.556. The van der Waals surface area contributed by atoms with E-state index in [1.807, 2.05) is 0 Å². The van der Waals surface area contributed by atoms with Gasteiger partial charge in [-0.3, -0.25) is 9.59 Å². The van der Waals surface area contributed by atoms with E-state index in [1.54, 1.807) is 0 Å². The van der Waals surface area contributed by atoms with Crippen molar-refractivity contribution >= 4 is 21.8 Å². The zero-order chi connectivity index (χ0) is 12.9. The number of sulfonamides is 1. The fourth-order valence-corrected chi connectivity index (χ4v) is 2.13. The molecule has 0 bridgehead atoms. The van der Waals surface area contributed by atoms with Gasteiger partial charge >= 0.3 is 0 Å². The molecule has 0 radical (unpaired) electrons. The van der Waals surface area contributed by atoms with Crippen LogP contribution >= 0.6 is 0 Å². The van der Waals surface area contributed by atoms with Gasteiger partial charge in [-0.15, -0.1) is 0 Å². The third-order valence-electron chi connectivity index (χ3n) is 2.54. The van der Waals surface area contributed by atoms with Gasteiger partial charge in [0, 0.05) is 19.5 Å². The second-order valence-electron chi connectivity index (χ2n) is 4.05. The molecule has 1 atom stereocenters. The van der Waals surface area contributed by atoms with E-state index in [-0.39, 0.29) is 30.0 Å². The predicted octanol–water partition coefficient (Wildman–Crippen LogP) is -1.69. The fourth-order valence-electron chi connectivity index (χ4n) is 1.59. The molecule has 2 amide bonds. The summed E-state index contributed by atoms with van der Waals surface area (Å²) in [7, 11) is -3.46. The lowest BCUT2D eigenvalue weighted by molar-refractivity contribution is -0.128. The molecule has 0 aliphatic carbocycles. The molecule has 1 fully saturated rings. The number of nitrogens with two attached hydrogens (primary N) is 1. The molecule has 1 unspecified atom stereocenters. The third kappa shape index (κ3) is 5.64. The Morgan fingerprint density at radius 2 is 2.24 bits per heavy atom. The van der Waals surface area contributed by atoms with Crippen molar-refractivity contribution in [1.29, 1.82) is 0 Å². The average molecular weight is 263 g/mol. The number of primary sulfonamides is 1. The summed E-state index contributed by atoms with van der Waals surface area (Å²) in [5.41, 5.74) is 0. The Bertz CT molecular complexity index is 383. The highest BCUT2D eigenvalue weighted by molar-refractivity contribution is 7.89. The highest BCUT2D eigenvalue weighted by atomic mass is 32.2. The van der Waals surface area contributed by atoms with Crippen molar-refractivity contribution in [3.8, 4) is 0 Å². The Kier molecular flexibility index (Phi) is 4.88. The van der Waals surface area contributed by atoms with E-state index < -0.39 is 10.0 Å². The Morgan fingerprint density at radius 1 is 1.53 bits per heavy atom. The maximum Gasteiger partial charge on any atom is 0.224 e. The van der Waals surface area contributed by atoms with Crippen molar-refractivity contribution in [3.63, 3.8) is 0 Å². The van der Waals surface area contributed by atoms with Gasteiger partial charge in [0.1, 0.15) is 0 Å². The topological polar surface area (TPSA) is 118 Å². The number of carbonyl (C=O) groups excluding carboxylic acids is 2. The van der Waals surface area contributed by atoms with Crippen LogP contribution in [0.3, 0.4) is 0 Å². The average Bonchev–Trinajstić information content (AvgIpc) is 2.24. The second kappa shape index (κ2) is 5.97. The van der Waals surface area contributed by atoms with E-state index in [9.17, 15) is 18.0 Å². The van der Waals surface area contributed by atoms with Gasteiger partial charge in [-0.25, -0.2) is 13.6 Å². The van der Waals surface area contributed by atoms with Gasteiger partial charge in [0.2, 0.25) is 21.8 Å². The zero-order valence-corrected chi connectivity index (χ0v) is 10.3. The molecule has 1 saturated heterocycles. The predicted molar refractivity (Wildman–Crippen MR) is 61.3 cm³/mol. The molecule has 0 spiro atoms. The number of nitrogens with one attached hydrogen (secondary N) is 2. The van der Waals surface area contributed by atoms with Crippen LogP contribution in [-0.2, 0) is 19.6 Å². The van der Waals surface area contributed by atoms with Gasteiger partial charge < -0.3 is 10.6 Å². The monoisotopic (exact) mass is 263 g/mol. The normalized spacial score (nSPS) is 20.8. The van der Waals surface area contributed by atoms with Gasteiger partial charge in [-0.1, -0.05) is 0 Å². The molecular weight excluding hydrogens is 246 g/mol. The molecule has 8 heteroatoms. The summed E-state index contributed by atoms with van der Waals surface area (Å²) in [6, 6.07) is 0. The molecule has 4 N–H and O–H groups in total. The van der Waals surface area contributed by atoms with E-state index >= 15 is 0 Å². The van der Waals surface area contributed by atoms with Crippen LogP contribution in [0.25, 0.3) is 0 Å². The lowest BCUT2D eigenvalue weighted by atomic mass is 9.98. The molecule has 0 aromatic heterocycles. The molecule has 1 rings (SSSR count). The largest absolute Gasteiger partial charge is 0.356 e. The first kappa shape index (κ1) is 13.9. The number of rotatable bonds is 5. The van der Waals surface area contributed by atoms with Crippen molar-refractivity contribution in [2.45, 2.75) is 19.3 Å². The van der Waals surface area contributed by atoms with E-state index in [2.05, 4.69) is 10.6 Å². The maximum atomic E-state index is 11.6. The van der Waals surface area contributed by atoms with Crippen LogP contribution in [0.15, 0.2) is 0 Å². The van der Waals surface area contributed by atoms with E-state index in [0.717, 1.165) is 0 Å². The summed E-state index contributed by atoms with van der Waals surface area (Å²) in [6.45, 7) is 0.625. The van der Waals surface area contributed by atoms with Crippen LogP contribution in [-0.4, -0.2) is 39.1 Å². The highest BCUT2D eigenvalue weighted by Crippen LogP contribution is 2.10. The number of hydrogen-bond donors (Lipinski definition) is 3. The first-order valence-electron chi connectivity index (χ1n) is 5.43. The smallest absolute Gasteiger partial charge is 0.224 e. The molecule has 98 valence electrons. The first-order valence-corrected chi connectivity index (χ1v) is 7.15. The number of hydrogen-bond acceptors (Lipinski definition) is 4. The summed E-state index contributed by atoms with van der Waals surface area (Å²) in [6.07, 6.45) is 1.19. The maximum absolute atomic E-state index is 11.6. The molecule has 0 aromatic carbocycles. The van der Waals surface area contributed by atoms with Gasteiger partial charge in [-0.2, -0.15) is 0 Å². The Hall–Kier alpha value is -1.15. The van der Waals surface area contributed by atoms with Crippen LogP contribution in [0.5, 0.6) is 0 Å². The minimum absolute atomic E-state index is 0.0386. The summed E-state index contributed by atoms with van der Waals surface area (Å²) in [4.78, 5) is 22.5. The van der Waals surface area contributed by atoms with Crippen molar-refractivity contribution in [2.24, 2.45) is 11.1 Å². The lowest BCUT2D eigenvalue weighted by Gasteiger charge is -2.21. The van der Waals surface area contributed by atoms with Crippen LogP contribution in [0.2, 0.25) is 0 Å². The van der Waals surface area contributed by atoms with E-state index in [4.69, 9.17) is 5.14 Å². The van der Waals surface area contributed by atoms with Crippen LogP contribution < -0.4 is 15.8 Å². The quantitative estimate of drug-likeness (QED) is 0.513. The van der Waals surface area contributed by atoms with Crippen molar-refractivity contribution in [1.82, 2.24) is 10.6 Å². The first-order chi connectivity index (χ1) is 7.88. The van der Waals surface area contributed by atoms with E-state index in [0.29, 0.717) is 25.8 Å². The van der Waals surface area contributed by atoms with Gasteiger partial charge in [0.15, 0.2) is 0 Å². The number of amides is 2. The zero-order valence-electron chi connectivity index (χ0n) is 9.44. The molecule has 17 heavy (non-hydrogen) atoms. The highest BCUT2D eigenvalue weighted by Gasteiger charge is 2.23. The van der Waals surface area contributed by atoms with Crippen LogP contribution in [0.4, 0.5) is 0 Å². The molecule has 1 heterocycles. The van der Waals surface area contributed by atoms with E-state index in [1.165, 1.54) is 0 Å². The molecule has 1 aliphatic heterocycles. The summed E-state index contributed by atoms with van der Waals surface area (Å²) >= 11 is 0. The van der Waals surface area contributed by atoms with Crippen molar-refractivity contribution in [2.75, 3.05) is 18.8 Å². The van der Waals surface area contributed by atoms with Gasteiger partial charge in [0.25, 0.3) is 0 Å². The number of piperidine rings is 1. The van der Waals surface area contributed by atoms with Crippen molar-refractivity contribution in [3.05, 3.63) is 0 Å². The molecule has 0 saturated carbocycles. The Balaban J connectivity index is 2.19. The standard InChI is InChI=1S/C9H17N3O4S/c10-17(15,16)5-1-4-11-9(14)7-2-3-8(13)12-6-7/h7H,1-6H2,(H,11,14)(H,12,13)(H2,10,15,16). The van der Waals surface area contributed by atoms with Crippen LogP contribution in [0, 0.1) is 5.92 Å². The molecule has 0 aromatic rings. The Labute approximate surface area is 100 Å². The fraction of sp³-hybridized carbons (Fsp3) is 0.778. The minimum atomic E-state index is -3.46. The summed E-state index contributed by atoms with van der Waals surface area (Å²) in [5, 5.41) is 10.1. The van der Waals surface area contributed by atoms with Gasteiger partial charge in [-0.05, 0) is 12.8 Å². The minimum Gasteiger partial charge on any atom is -0.356 e. The summed E-state index contributed by atoms with van der Waals surface area (Å²) < 4.78 is 21.3. The molecule has 1 aliphatic rings.